The second kappa shape index (κ2) is 4.88. The number of anilines is 1. The van der Waals surface area contributed by atoms with Gasteiger partial charge in [0.2, 0.25) is 11.7 Å². The molecular weight excluding hydrogens is 260 g/mol. The standard InChI is InChI=1S/C11H11F2N3O3/c12-7-1-2-8(16(18)19)10(13)11(7)15-5-6(4-14)3-9(15)17/h1-2,6H,3-5,14H2. The molecule has 0 saturated carbocycles. The summed E-state index contributed by atoms with van der Waals surface area (Å²) >= 11 is 0. The van der Waals surface area contributed by atoms with Crippen molar-refractivity contribution in [3.63, 3.8) is 0 Å². The van der Waals surface area contributed by atoms with E-state index in [1.165, 1.54) is 0 Å². The number of benzene rings is 1. The second-order valence-corrected chi connectivity index (χ2v) is 4.30. The molecule has 1 unspecified atom stereocenters. The van der Waals surface area contributed by atoms with Crippen LogP contribution in [0.25, 0.3) is 0 Å². The van der Waals surface area contributed by atoms with Crippen molar-refractivity contribution in [1.82, 2.24) is 0 Å². The number of rotatable bonds is 3. The molecule has 1 fully saturated rings. The van der Waals surface area contributed by atoms with Crippen molar-refractivity contribution in [3.8, 4) is 0 Å². The Balaban J connectivity index is 2.48. The van der Waals surface area contributed by atoms with E-state index < -0.39 is 33.8 Å². The molecule has 0 radical (unpaired) electrons. The monoisotopic (exact) mass is 271 g/mol. The van der Waals surface area contributed by atoms with Gasteiger partial charge in [-0.3, -0.25) is 14.9 Å². The van der Waals surface area contributed by atoms with E-state index in [0.717, 1.165) is 17.0 Å². The molecule has 1 aromatic rings. The van der Waals surface area contributed by atoms with Crippen molar-refractivity contribution in [2.24, 2.45) is 11.7 Å². The minimum Gasteiger partial charge on any atom is -0.330 e. The van der Waals surface area contributed by atoms with Crippen molar-refractivity contribution in [2.45, 2.75) is 6.42 Å². The highest BCUT2D eigenvalue weighted by Crippen LogP contribution is 2.33. The van der Waals surface area contributed by atoms with E-state index in [0.29, 0.717) is 0 Å². The van der Waals surface area contributed by atoms with Crippen LogP contribution in [-0.4, -0.2) is 23.9 Å². The summed E-state index contributed by atoms with van der Waals surface area (Å²) in [5.41, 5.74) is 3.88. The first-order valence-electron chi connectivity index (χ1n) is 5.58. The molecule has 0 aromatic heterocycles. The van der Waals surface area contributed by atoms with E-state index in [1.54, 1.807) is 0 Å². The molecule has 1 saturated heterocycles. The number of hydrogen-bond acceptors (Lipinski definition) is 4. The van der Waals surface area contributed by atoms with Gasteiger partial charge in [-0.15, -0.1) is 0 Å². The number of nitro benzene ring substituents is 1. The fourth-order valence-electron chi connectivity index (χ4n) is 2.07. The zero-order valence-electron chi connectivity index (χ0n) is 9.81. The van der Waals surface area contributed by atoms with Gasteiger partial charge in [-0.2, -0.15) is 4.39 Å². The highest BCUT2D eigenvalue weighted by Gasteiger charge is 2.35. The quantitative estimate of drug-likeness (QED) is 0.660. The average Bonchev–Trinajstić information content (AvgIpc) is 2.70. The lowest BCUT2D eigenvalue weighted by molar-refractivity contribution is -0.387. The minimum absolute atomic E-state index is 0.0599. The first-order chi connectivity index (χ1) is 8.95. The number of nitrogens with two attached hydrogens (primary N) is 1. The molecule has 0 aliphatic carbocycles. The van der Waals surface area contributed by atoms with Crippen molar-refractivity contribution < 1.29 is 18.5 Å². The Morgan fingerprint density at radius 3 is 2.68 bits per heavy atom. The summed E-state index contributed by atoms with van der Waals surface area (Å²) in [6.45, 7) is 0.269. The summed E-state index contributed by atoms with van der Waals surface area (Å²) in [5, 5.41) is 10.6. The van der Waals surface area contributed by atoms with Crippen molar-refractivity contribution in [1.29, 1.82) is 0 Å². The largest absolute Gasteiger partial charge is 0.330 e. The number of hydrogen-bond donors (Lipinski definition) is 1. The van der Waals surface area contributed by atoms with Crippen molar-refractivity contribution in [3.05, 3.63) is 33.9 Å². The molecule has 1 aliphatic heterocycles. The number of carbonyl (C=O) groups excluding carboxylic acids is 1. The molecule has 2 rings (SSSR count). The lowest BCUT2D eigenvalue weighted by Gasteiger charge is -2.17. The van der Waals surface area contributed by atoms with Crippen LogP contribution in [0, 0.1) is 27.7 Å². The Bertz CT molecular complexity index is 550. The van der Waals surface area contributed by atoms with Crippen LogP contribution in [0.2, 0.25) is 0 Å². The molecule has 102 valence electrons. The second-order valence-electron chi connectivity index (χ2n) is 4.30. The predicted molar refractivity (Wildman–Crippen MR) is 62.5 cm³/mol. The normalized spacial score (nSPS) is 19.0. The number of nitro groups is 1. The van der Waals surface area contributed by atoms with Crippen molar-refractivity contribution >= 4 is 17.3 Å². The molecule has 1 amide bonds. The van der Waals surface area contributed by atoms with Gasteiger partial charge in [0, 0.05) is 19.0 Å². The molecular formula is C11H11F2N3O3. The van der Waals surface area contributed by atoms with Gasteiger partial charge >= 0.3 is 5.69 Å². The van der Waals surface area contributed by atoms with E-state index in [4.69, 9.17) is 5.73 Å². The molecule has 0 bridgehead atoms. The van der Waals surface area contributed by atoms with Gasteiger partial charge in [0.05, 0.1) is 4.92 Å². The van der Waals surface area contributed by atoms with Crippen LogP contribution in [-0.2, 0) is 4.79 Å². The van der Waals surface area contributed by atoms with Crippen LogP contribution in [0.5, 0.6) is 0 Å². The third-order valence-corrected chi connectivity index (χ3v) is 3.05. The van der Waals surface area contributed by atoms with Crippen LogP contribution < -0.4 is 10.6 Å². The Morgan fingerprint density at radius 1 is 1.47 bits per heavy atom. The highest BCUT2D eigenvalue weighted by atomic mass is 19.1. The summed E-state index contributed by atoms with van der Waals surface area (Å²) < 4.78 is 27.6. The molecule has 1 heterocycles. The van der Waals surface area contributed by atoms with Crippen LogP contribution in [0.15, 0.2) is 12.1 Å². The Morgan fingerprint density at radius 2 is 2.16 bits per heavy atom. The fraction of sp³-hybridized carbons (Fsp3) is 0.364. The van der Waals surface area contributed by atoms with Gasteiger partial charge in [0.1, 0.15) is 11.5 Å². The SMILES string of the molecule is NCC1CC(=O)N(c2c(F)ccc([N+](=O)[O-])c2F)C1. The summed E-state index contributed by atoms with van der Waals surface area (Å²) in [5.74, 6) is -3.04. The van der Waals surface area contributed by atoms with E-state index in [1.807, 2.05) is 0 Å². The topological polar surface area (TPSA) is 89.5 Å². The summed E-state index contributed by atoms with van der Waals surface area (Å²) in [6.07, 6.45) is 0.0814. The maximum absolute atomic E-state index is 13.9. The number of halogens is 2. The smallest absolute Gasteiger partial charge is 0.307 e. The lowest BCUT2D eigenvalue weighted by Crippen LogP contribution is -2.28. The lowest BCUT2D eigenvalue weighted by atomic mass is 10.1. The van der Waals surface area contributed by atoms with Gasteiger partial charge in [0.25, 0.3) is 0 Å². The van der Waals surface area contributed by atoms with Crippen molar-refractivity contribution in [2.75, 3.05) is 18.0 Å². The third kappa shape index (κ3) is 2.26. The summed E-state index contributed by atoms with van der Waals surface area (Å²) in [7, 11) is 0. The number of nitrogens with zero attached hydrogens (tertiary/aromatic N) is 2. The molecule has 19 heavy (non-hydrogen) atoms. The van der Waals surface area contributed by atoms with Gasteiger partial charge in [-0.25, -0.2) is 4.39 Å². The van der Waals surface area contributed by atoms with E-state index >= 15 is 0 Å². The Kier molecular flexibility index (Phi) is 3.43. The van der Waals surface area contributed by atoms with Gasteiger partial charge < -0.3 is 10.6 Å². The highest BCUT2D eigenvalue weighted by molar-refractivity contribution is 5.96. The van der Waals surface area contributed by atoms with Crippen LogP contribution in [0.1, 0.15) is 6.42 Å². The molecule has 2 N–H and O–H groups in total. The predicted octanol–water partition coefficient (Wildman–Crippen LogP) is 1.18. The zero-order valence-corrected chi connectivity index (χ0v) is 9.81. The van der Waals surface area contributed by atoms with Gasteiger partial charge in [-0.05, 0) is 18.5 Å². The molecule has 1 aliphatic rings. The van der Waals surface area contributed by atoms with E-state index in [9.17, 15) is 23.7 Å². The van der Waals surface area contributed by atoms with E-state index in [2.05, 4.69) is 0 Å². The molecule has 1 atom stereocenters. The Hall–Kier alpha value is -2.09. The maximum atomic E-state index is 13.9. The van der Waals surface area contributed by atoms with Gasteiger partial charge in [-0.1, -0.05) is 0 Å². The number of amides is 1. The minimum atomic E-state index is -1.34. The molecule has 0 spiro atoms. The Labute approximate surface area is 106 Å². The van der Waals surface area contributed by atoms with Crippen LogP contribution in [0.4, 0.5) is 20.2 Å². The van der Waals surface area contributed by atoms with Gasteiger partial charge in [0.15, 0.2) is 0 Å². The first-order valence-corrected chi connectivity index (χ1v) is 5.58. The fourth-order valence-corrected chi connectivity index (χ4v) is 2.07. The van der Waals surface area contributed by atoms with E-state index in [-0.39, 0.29) is 25.4 Å². The summed E-state index contributed by atoms with van der Waals surface area (Å²) in [4.78, 5) is 22.2. The zero-order chi connectivity index (χ0) is 14.2. The van der Waals surface area contributed by atoms with Crippen LogP contribution in [0.3, 0.4) is 0 Å². The molecule has 1 aromatic carbocycles. The maximum Gasteiger partial charge on any atom is 0.307 e. The molecule has 8 heteroatoms. The van der Waals surface area contributed by atoms with Crippen LogP contribution >= 0.6 is 0 Å². The number of carbonyl (C=O) groups is 1. The average molecular weight is 271 g/mol. The third-order valence-electron chi connectivity index (χ3n) is 3.05. The first kappa shape index (κ1) is 13.3. The molecule has 6 nitrogen and oxygen atoms in total. The summed E-state index contributed by atoms with van der Waals surface area (Å²) in [6, 6.07) is 1.51.